The van der Waals surface area contributed by atoms with Gasteiger partial charge >= 0.3 is 0 Å². The van der Waals surface area contributed by atoms with Gasteiger partial charge in [0.2, 0.25) is 0 Å². The van der Waals surface area contributed by atoms with Crippen LogP contribution in [0.15, 0.2) is 24.3 Å². The summed E-state index contributed by atoms with van der Waals surface area (Å²) in [4.78, 5) is 2.09. The van der Waals surface area contributed by atoms with Crippen LogP contribution in [0, 0.1) is 0 Å². The Hall–Kier alpha value is -1.18. The molecule has 3 aliphatic rings. The second kappa shape index (κ2) is 6.28. The number of nitrogens with zero attached hydrogens (tertiary/aromatic N) is 1. The van der Waals surface area contributed by atoms with Crippen LogP contribution < -0.4 is 10.1 Å². The lowest BCUT2D eigenvalue weighted by atomic mass is 9.79. The molecule has 2 heterocycles. The molecular weight excluding hydrogens is 308 g/mol. The fraction of sp³-hybridized carbons (Fsp3) is 0.667. The van der Waals surface area contributed by atoms with Crippen LogP contribution in [0.3, 0.4) is 0 Å². The molecule has 1 aromatic rings. The van der Waals surface area contributed by atoms with Crippen molar-refractivity contribution in [3.8, 4) is 5.75 Å². The van der Waals surface area contributed by atoms with E-state index < -0.39 is 6.35 Å². The van der Waals surface area contributed by atoms with E-state index in [1.807, 2.05) is 24.3 Å². The Kier molecular flexibility index (Phi) is 4.26. The average Bonchev–Trinajstić information content (AvgIpc) is 3.18. The minimum atomic E-state index is -0.605. The summed E-state index contributed by atoms with van der Waals surface area (Å²) in [6, 6.07) is 8.01. The van der Waals surface area contributed by atoms with Gasteiger partial charge in [0.25, 0.3) is 0 Å². The van der Waals surface area contributed by atoms with Crippen molar-refractivity contribution < 1.29 is 19.3 Å². The number of rotatable bonds is 3. The topological polar surface area (TPSA) is 63.2 Å². The van der Waals surface area contributed by atoms with Crippen LogP contribution in [0.2, 0.25) is 0 Å². The second-order valence-electron chi connectivity index (χ2n) is 7.16. The lowest BCUT2D eigenvalue weighted by Gasteiger charge is -2.41. The van der Waals surface area contributed by atoms with Gasteiger partial charge < -0.3 is 19.3 Å². The predicted molar refractivity (Wildman–Crippen MR) is 88.4 cm³/mol. The maximum absolute atomic E-state index is 10.5. The molecular formula is C18H26N2O4. The fourth-order valence-electron chi connectivity index (χ4n) is 4.19. The van der Waals surface area contributed by atoms with Crippen LogP contribution >= 0.6 is 0 Å². The smallest absolute Gasteiger partial charge is 0.168 e. The molecule has 6 heteroatoms. The highest BCUT2D eigenvalue weighted by Gasteiger charge is 2.50. The van der Waals surface area contributed by atoms with Crippen LogP contribution in [-0.2, 0) is 16.0 Å². The first kappa shape index (κ1) is 16.3. The van der Waals surface area contributed by atoms with Gasteiger partial charge in [-0.2, -0.15) is 0 Å². The number of benzene rings is 1. The molecule has 132 valence electrons. The highest BCUT2D eigenvalue weighted by Crippen LogP contribution is 2.42. The summed E-state index contributed by atoms with van der Waals surface area (Å²) in [5.74, 6) is 0.492. The monoisotopic (exact) mass is 334 g/mol. The predicted octanol–water partition coefficient (Wildman–Crippen LogP) is 1.43. The fourth-order valence-corrected chi connectivity index (χ4v) is 4.19. The third kappa shape index (κ3) is 3.05. The van der Waals surface area contributed by atoms with E-state index in [0.717, 1.165) is 44.5 Å². The summed E-state index contributed by atoms with van der Waals surface area (Å²) in [6.45, 7) is 2.97. The largest absolute Gasteiger partial charge is 0.497 e. The molecule has 6 nitrogen and oxygen atoms in total. The molecule has 24 heavy (non-hydrogen) atoms. The molecule has 0 bridgehead atoms. The molecule has 1 atom stereocenters. The van der Waals surface area contributed by atoms with Gasteiger partial charge in [0.15, 0.2) is 12.1 Å². The standard InChI is InChI=1S/C18H26N2O4/c1-22-15-4-2-14(3-5-15)12-20-13-17(19-16(20)21)6-8-18(9-7-17)23-10-11-24-18/h2-5,16,19,21H,6-13H2,1H3. The molecule has 1 unspecified atom stereocenters. The lowest BCUT2D eigenvalue weighted by molar-refractivity contribution is -0.185. The molecule has 1 aliphatic carbocycles. The first-order valence-electron chi connectivity index (χ1n) is 8.73. The van der Waals surface area contributed by atoms with E-state index in [1.165, 1.54) is 5.56 Å². The van der Waals surface area contributed by atoms with Crippen LogP contribution in [0.5, 0.6) is 5.75 Å². The van der Waals surface area contributed by atoms with Crippen molar-refractivity contribution in [2.75, 3.05) is 26.9 Å². The quantitative estimate of drug-likeness (QED) is 0.872. The molecule has 2 aliphatic heterocycles. The molecule has 0 radical (unpaired) electrons. The Balaban J connectivity index is 1.38. The van der Waals surface area contributed by atoms with Crippen LogP contribution in [0.4, 0.5) is 0 Å². The van der Waals surface area contributed by atoms with Crippen molar-refractivity contribution in [1.29, 1.82) is 0 Å². The summed E-state index contributed by atoms with van der Waals surface area (Å²) in [7, 11) is 1.67. The van der Waals surface area contributed by atoms with Gasteiger partial charge in [0.05, 0.1) is 20.3 Å². The van der Waals surface area contributed by atoms with Crippen LogP contribution in [0.1, 0.15) is 31.2 Å². The van der Waals surface area contributed by atoms with Gasteiger partial charge in [-0.05, 0) is 30.5 Å². The summed E-state index contributed by atoms with van der Waals surface area (Å²) in [5.41, 5.74) is 1.13. The van der Waals surface area contributed by atoms with E-state index in [2.05, 4.69) is 10.2 Å². The Morgan fingerprint density at radius 2 is 1.83 bits per heavy atom. The van der Waals surface area contributed by atoms with Crippen molar-refractivity contribution in [1.82, 2.24) is 10.2 Å². The highest BCUT2D eigenvalue weighted by molar-refractivity contribution is 5.27. The molecule has 2 saturated heterocycles. The second-order valence-corrected chi connectivity index (χ2v) is 7.16. The van der Waals surface area contributed by atoms with Gasteiger partial charge in [-0.15, -0.1) is 0 Å². The molecule has 1 aromatic carbocycles. The molecule has 3 fully saturated rings. The normalized spacial score (nSPS) is 28.7. The zero-order valence-corrected chi connectivity index (χ0v) is 14.2. The molecule has 0 aromatic heterocycles. The van der Waals surface area contributed by atoms with E-state index in [4.69, 9.17) is 14.2 Å². The number of methoxy groups -OCH3 is 1. The maximum atomic E-state index is 10.5. The Labute approximate surface area is 142 Å². The van der Waals surface area contributed by atoms with Crippen LogP contribution in [-0.4, -0.2) is 54.6 Å². The van der Waals surface area contributed by atoms with E-state index in [-0.39, 0.29) is 11.3 Å². The van der Waals surface area contributed by atoms with E-state index >= 15 is 0 Å². The number of hydrogen-bond acceptors (Lipinski definition) is 6. The average molecular weight is 334 g/mol. The van der Waals surface area contributed by atoms with Crippen molar-refractivity contribution in [3.63, 3.8) is 0 Å². The summed E-state index contributed by atoms with van der Waals surface area (Å²) in [5, 5.41) is 13.9. The minimum absolute atomic E-state index is 0.0353. The van der Waals surface area contributed by atoms with Gasteiger partial charge in [-0.3, -0.25) is 10.2 Å². The summed E-state index contributed by atoms with van der Waals surface area (Å²) < 4.78 is 16.8. The van der Waals surface area contributed by atoms with Crippen molar-refractivity contribution in [3.05, 3.63) is 29.8 Å². The van der Waals surface area contributed by atoms with Crippen molar-refractivity contribution in [2.24, 2.45) is 0 Å². The maximum Gasteiger partial charge on any atom is 0.168 e. The van der Waals surface area contributed by atoms with Crippen molar-refractivity contribution in [2.45, 2.75) is 49.9 Å². The first-order chi connectivity index (χ1) is 11.6. The van der Waals surface area contributed by atoms with Gasteiger partial charge in [-0.1, -0.05) is 12.1 Å². The zero-order chi connectivity index (χ0) is 16.6. The molecule has 4 rings (SSSR count). The number of aliphatic hydroxyl groups is 1. The van der Waals surface area contributed by atoms with E-state index in [9.17, 15) is 5.11 Å². The van der Waals surface area contributed by atoms with Gasteiger partial charge in [0, 0.05) is 31.5 Å². The first-order valence-corrected chi connectivity index (χ1v) is 8.73. The Bertz CT molecular complexity index is 561. The Morgan fingerprint density at radius 1 is 1.17 bits per heavy atom. The number of nitrogens with one attached hydrogen (secondary N) is 1. The molecule has 2 spiro atoms. The third-order valence-corrected chi connectivity index (χ3v) is 5.61. The summed E-state index contributed by atoms with van der Waals surface area (Å²) in [6.07, 6.45) is 3.10. The van der Waals surface area contributed by atoms with Crippen molar-refractivity contribution >= 4 is 0 Å². The highest BCUT2D eigenvalue weighted by atomic mass is 16.7. The molecule has 2 N–H and O–H groups in total. The third-order valence-electron chi connectivity index (χ3n) is 5.61. The van der Waals surface area contributed by atoms with Gasteiger partial charge in [-0.25, -0.2) is 0 Å². The van der Waals surface area contributed by atoms with Gasteiger partial charge in [0.1, 0.15) is 5.75 Å². The SMILES string of the molecule is COc1ccc(CN2CC3(CCC4(CC3)OCCO4)NC2O)cc1. The number of ether oxygens (including phenoxy) is 3. The molecule has 1 saturated carbocycles. The number of hydrogen-bond donors (Lipinski definition) is 2. The molecule has 0 amide bonds. The minimum Gasteiger partial charge on any atom is -0.497 e. The van der Waals surface area contributed by atoms with E-state index in [1.54, 1.807) is 7.11 Å². The Morgan fingerprint density at radius 3 is 2.46 bits per heavy atom. The zero-order valence-electron chi connectivity index (χ0n) is 14.2. The van der Waals surface area contributed by atoms with Crippen LogP contribution in [0.25, 0.3) is 0 Å². The van der Waals surface area contributed by atoms with E-state index in [0.29, 0.717) is 13.2 Å². The lowest BCUT2D eigenvalue weighted by Crippen LogP contribution is -2.51. The number of aliphatic hydroxyl groups excluding tert-OH is 1. The summed E-state index contributed by atoms with van der Waals surface area (Å²) >= 11 is 0.